The van der Waals surface area contributed by atoms with Gasteiger partial charge in [-0.15, -0.1) is 0 Å². The fourth-order valence-electron chi connectivity index (χ4n) is 2.87. The molecule has 0 aromatic carbocycles. The lowest BCUT2D eigenvalue weighted by molar-refractivity contribution is -0.937. The zero-order chi connectivity index (χ0) is 8.44. The van der Waals surface area contributed by atoms with Crippen LogP contribution in [0.4, 0.5) is 0 Å². The van der Waals surface area contributed by atoms with Crippen molar-refractivity contribution in [3.63, 3.8) is 0 Å². The molecule has 78 valence electrons. The molecule has 2 fully saturated rings. The van der Waals surface area contributed by atoms with Crippen molar-refractivity contribution < 1.29 is 21.5 Å². The van der Waals surface area contributed by atoms with Crippen LogP contribution < -0.4 is 17.0 Å². The minimum absolute atomic E-state index is 0. The van der Waals surface area contributed by atoms with Gasteiger partial charge in [-0.05, 0) is 38.0 Å². The molecule has 0 bridgehead atoms. The molecule has 0 radical (unpaired) electrons. The fraction of sp³-hybridized carbons (Fsp3) is 1.00. The van der Waals surface area contributed by atoms with Gasteiger partial charge < -0.3 is 21.5 Å². The Balaban J connectivity index is 0.000000845. The van der Waals surface area contributed by atoms with Crippen LogP contribution in [0.15, 0.2) is 0 Å². The van der Waals surface area contributed by atoms with Crippen LogP contribution in [0.25, 0.3) is 0 Å². The monoisotopic (exact) mass is 247 g/mol. The Kier molecular flexibility index (Phi) is 4.24. The molecule has 0 N–H and O–H groups in total. The van der Waals surface area contributed by atoms with E-state index < -0.39 is 0 Å². The number of hydrogen-bond acceptors (Lipinski definition) is 0. The van der Waals surface area contributed by atoms with Crippen molar-refractivity contribution in [2.75, 3.05) is 26.2 Å². The van der Waals surface area contributed by atoms with Gasteiger partial charge in [-0.2, -0.15) is 0 Å². The first-order valence-electron chi connectivity index (χ1n) is 5.66. The summed E-state index contributed by atoms with van der Waals surface area (Å²) in [4.78, 5) is 0. The number of hydrogen-bond donors (Lipinski definition) is 0. The summed E-state index contributed by atoms with van der Waals surface area (Å²) < 4.78 is 1.49. The summed E-state index contributed by atoms with van der Waals surface area (Å²) in [5.41, 5.74) is 0. The van der Waals surface area contributed by atoms with E-state index >= 15 is 0 Å². The number of piperidine rings is 2. The van der Waals surface area contributed by atoms with Crippen molar-refractivity contribution in [2.45, 2.75) is 39.0 Å². The molecule has 0 aliphatic carbocycles. The van der Waals surface area contributed by atoms with Gasteiger partial charge in [0.25, 0.3) is 0 Å². The lowest BCUT2D eigenvalue weighted by Crippen LogP contribution is -3.00. The van der Waals surface area contributed by atoms with Gasteiger partial charge in [-0.1, -0.05) is 6.92 Å². The summed E-state index contributed by atoms with van der Waals surface area (Å²) in [6.07, 6.45) is 7.46. The predicted molar refractivity (Wildman–Crippen MR) is 52.0 cm³/mol. The van der Waals surface area contributed by atoms with Gasteiger partial charge in [0.05, 0.1) is 26.2 Å². The van der Waals surface area contributed by atoms with Crippen molar-refractivity contribution in [2.24, 2.45) is 5.92 Å². The number of halogens is 1. The molecule has 0 amide bonds. The molecule has 1 spiro atoms. The fourth-order valence-corrected chi connectivity index (χ4v) is 2.87. The van der Waals surface area contributed by atoms with E-state index in [0.29, 0.717) is 0 Å². The Labute approximate surface area is 92.9 Å². The molecule has 0 saturated carbocycles. The second-order valence-electron chi connectivity index (χ2n) is 4.98. The van der Waals surface area contributed by atoms with Gasteiger partial charge in [0, 0.05) is 0 Å². The summed E-state index contributed by atoms with van der Waals surface area (Å²) in [7, 11) is 0. The van der Waals surface area contributed by atoms with Gasteiger partial charge in [-0.3, -0.25) is 0 Å². The second kappa shape index (κ2) is 4.79. The Morgan fingerprint density at radius 3 is 1.92 bits per heavy atom. The summed E-state index contributed by atoms with van der Waals surface area (Å²) in [5.74, 6) is 1.01. The molecule has 2 heterocycles. The molecule has 2 aliphatic rings. The van der Waals surface area contributed by atoms with Crippen LogP contribution in [-0.2, 0) is 0 Å². The van der Waals surface area contributed by atoms with Gasteiger partial charge in [0.1, 0.15) is 0 Å². The van der Waals surface area contributed by atoms with Crippen molar-refractivity contribution in [3.05, 3.63) is 0 Å². The normalized spacial score (nSPS) is 28.4. The smallest absolute Gasteiger partial charge is 0.0789 e. The van der Waals surface area contributed by atoms with E-state index in [4.69, 9.17) is 0 Å². The first-order chi connectivity index (χ1) is 5.81. The molecule has 1 nitrogen and oxygen atoms in total. The summed E-state index contributed by atoms with van der Waals surface area (Å²) in [6, 6.07) is 0. The van der Waals surface area contributed by atoms with E-state index in [1.807, 2.05) is 0 Å². The Hall–Kier alpha value is 0.440. The minimum atomic E-state index is 0. The average molecular weight is 248 g/mol. The van der Waals surface area contributed by atoms with E-state index in [9.17, 15) is 0 Å². The molecule has 2 heteroatoms. The highest BCUT2D eigenvalue weighted by Gasteiger charge is 2.33. The van der Waals surface area contributed by atoms with Gasteiger partial charge in [-0.25, -0.2) is 0 Å². The summed E-state index contributed by atoms with van der Waals surface area (Å²) >= 11 is 0. The topological polar surface area (TPSA) is 0 Å². The second-order valence-corrected chi connectivity index (χ2v) is 4.98. The van der Waals surface area contributed by atoms with E-state index in [0.717, 1.165) is 5.92 Å². The van der Waals surface area contributed by atoms with E-state index in [1.54, 1.807) is 0 Å². The zero-order valence-corrected chi connectivity index (χ0v) is 10.4. The minimum Gasteiger partial charge on any atom is -1.00 e. The SMILES string of the molecule is CC1CC[N+]2(CCCCC2)CC1.[Br-]. The molecular formula is C11H22BrN. The van der Waals surface area contributed by atoms with Crippen LogP contribution in [0.2, 0.25) is 0 Å². The van der Waals surface area contributed by atoms with Crippen molar-refractivity contribution in [1.29, 1.82) is 0 Å². The molecule has 0 aromatic heterocycles. The summed E-state index contributed by atoms with van der Waals surface area (Å²) in [6.45, 7) is 8.38. The van der Waals surface area contributed by atoms with Crippen LogP contribution in [0.1, 0.15) is 39.0 Å². The van der Waals surface area contributed by atoms with Gasteiger partial charge >= 0.3 is 0 Å². The number of nitrogens with zero attached hydrogens (tertiary/aromatic N) is 1. The van der Waals surface area contributed by atoms with Crippen LogP contribution in [0, 0.1) is 5.92 Å². The summed E-state index contributed by atoms with van der Waals surface area (Å²) in [5, 5.41) is 0. The lowest BCUT2D eigenvalue weighted by atomic mass is 9.94. The van der Waals surface area contributed by atoms with E-state index in [2.05, 4.69) is 6.92 Å². The average Bonchev–Trinajstić information content (AvgIpc) is 2.13. The Bertz CT molecular complexity index is 142. The first-order valence-corrected chi connectivity index (χ1v) is 5.66. The number of quaternary nitrogens is 1. The third-order valence-electron chi connectivity index (χ3n) is 3.96. The highest BCUT2D eigenvalue weighted by molar-refractivity contribution is 4.63. The van der Waals surface area contributed by atoms with E-state index in [1.165, 1.54) is 62.8 Å². The maximum atomic E-state index is 2.42. The molecule has 13 heavy (non-hydrogen) atoms. The largest absolute Gasteiger partial charge is 1.00 e. The Morgan fingerprint density at radius 2 is 1.38 bits per heavy atom. The van der Waals surface area contributed by atoms with Crippen molar-refractivity contribution in [1.82, 2.24) is 0 Å². The quantitative estimate of drug-likeness (QED) is 0.503. The van der Waals surface area contributed by atoms with Crippen molar-refractivity contribution >= 4 is 0 Å². The third-order valence-corrected chi connectivity index (χ3v) is 3.96. The zero-order valence-electron chi connectivity index (χ0n) is 8.77. The van der Waals surface area contributed by atoms with Gasteiger partial charge in [0.15, 0.2) is 0 Å². The van der Waals surface area contributed by atoms with Crippen LogP contribution in [-0.4, -0.2) is 30.7 Å². The molecule has 2 aliphatic heterocycles. The molecule has 0 atom stereocenters. The molecular weight excluding hydrogens is 226 g/mol. The van der Waals surface area contributed by atoms with Crippen molar-refractivity contribution in [3.8, 4) is 0 Å². The van der Waals surface area contributed by atoms with E-state index in [-0.39, 0.29) is 17.0 Å². The Morgan fingerprint density at radius 1 is 0.846 bits per heavy atom. The van der Waals surface area contributed by atoms with Crippen LogP contribution >= 0.6 is 0 Å². The number of rotatable bonds is 0. The molecule has 0 aromatic rings. The highest BCUT2D eigenvalue weighted by atomic mass is 79.9. The molecule has 2 rings (SSSR count). The van der Waals surface area contributed by atoms with Crippen LogP contribution in [0.5, 0.6) is 0 Å². The highest BCUT2D eigenvalue weighted by Crippen LogP contribution is 2.27. The maximum absolute atomic E-state index is 2.42. The predicted octanol–water partition coefficient (Wildman–Crippen LogP) is -0.579. The third kappa shape index (κ3) is 2.69. The van der Waals surface area contributed by atoms with Gasteiger partial charge in [0.2, 0.25) is 0 Å². The standard InChI is InChI=1S/C11H22N.BrH/c1-11-5-9-12(10-6-11)7-3-2-4-8-12;/h11H,2-10H2,1H3;1H/q+1;/p-1. The molecule has 0 unspecified atom stereocenters. The lowest BCUT2D eigenvalue weighted by Gasteiger charge is -2.45. The van der Waals surface area contributed by atoms with Crippen LogP contribution in [0.3, 0.4) is 0 Å². The first kappa shape index (κ1) is 11.5. The maximum Gasteiger partial charge on any atom is 0.0789 e. The molecule has 2 saturated heterocycles.